The van der Waals surface area contributed by atoms with Crippen molar-refractivity contribution in [3.63, 3.8) is 0 Å². The van der Waals surface area contributed by atoms with Gasteiger partial charge in [-0.1, -0.05) is 0 Å². The summed E-state index contributed by atoms with van der Waals surface area (Å²) in [5, 5.41) is 2.81. The fourth-order valence-electron chi connectivity index (χ4n) is 2.77. The summed E-state index contributed by atoms with van der Waals surface area (Å²) < 4.78 is 37.9. The quantitative estimate of drug-likeness (QED) is 0.773. The van der Waals surface area contributed by atoms with Crippen LogP contribution in [0.3, 0.4) is 0 Å². The maximum Gasteiger partial charge on any atom is 0.243 e. The lowest BCUT2D eigenvalue weighted by Gasteiger charge is -2.34. The molecule has 1 N–H and O–H groups in total. The van der Waals surface area contributed by atoms with E-state index in [-0.39, 0.29) is 42.8 Å². The second-order valence-corrected chi connectivity index (χ2v) is 7.56. The molecule has 1 fully saturated rings. The molecule has 1 amide bonds. The Bertz CT molecular complexity index is 720. The van der Waals surface area contributed by atoms with Gasteiger partial charge >= 0.3 is 0 Å². The average molecular weight is 392 g/mol. The van der Waals surface area contributed by atoms with Crippen LogP contribution in [-0.2, 0) is 14.8 Å². The third-order valence-electron chi connectivity index (χ3n) is 4.07. The molecule has 1 aromatic carbocycles. The Hall–Kier alpha value is -1.55. The van der Waals surface area contributed by atoms with E-state index < -0.39 is 10.0 Å². The summed E-state index contributed by atoms with van der Waals surface area (Å²) >= 11 is 0. The molecule has 0 radical (unpaired) electrons. The molecule has 3 rings (SSSR count). The number of halogens is 1. The third-order valence-corrected chi connectivity index (χ3v) is 5.97. The molecule has 140 valence electrons. The van der Waals surface area contributed by atoms with E-state index in [9.17, 15) is 13.2 Å². The first-order valence-electron chi connectivity index (χ1n) is 7.84. The number of piperazine rings is 1. The Kier molecular flexibility index (Phi) is 6.50. The van der Waals surface area contributed by atoms with Gasteiger partial charge in [-0.15, -0.1) is 12.4 Å². The number of carbonyl (C=O) groups is 1. The molecule has 0 unspecified atom stereocenters. The van der Waals surface area contributed by atoms with E-state index in [2.05, 4.69) is 5.32 Å². The number of amides is 1. The maximum atomic E-state index is 12.8. The second-order valence-electron chi connectivity index (χ2n) is 5.62. The second kappa shape index (κ2) is 8.22. The van der Waals surface area contributed by atoms with Crippen LogP contribution < -0.4 is 14.8 Å². The molecule has 0 bridgehead atoms. The molecule has 0 spiro atoms. The number of hydrogen-bond acceptors (Lipinski definition) is 6. The van der Waals surface area contributed by atoms with Crippen LogP contribution in [0.5, 0.6) is 11.5 Å². The molecule has 1 aromatic rings. The fraction of sp³-hybridized carbons (Fsp3) is 0.533. The molecule has 2 heterocycles. The lowest BCUT2D eigenvalue weighted by molar-refractivity contribution is -0.131. The molecule has 2 aliphatic heterocycles. The van der Waals surface area contributed by atoms with Crippen LogP contribution in [0.1, 0.15) is 0 Å². The van der Waals surface area contributed by atoms with E-state index in [1.807, 2.05) is 0 Å². The maximum absolute atomic E-state index is 12.8. The Morgan fingerprint density at radius 3 is 2.40 bits per heavy atom. The highest BCUT2D eigenvalue weighted by atomic mass is 35.5. The number of nitrogens with one attached hydrogen (secondary N) is 1. The molecule has 0 aromatic heterocycles. The Morgan fingerprint density at radius 1 is 1.12 bits per heavy atom. The van der Waals surface area contributed by atoms with Gasteiger partial charge in [0.1, 0.15) is 13.2 Å². The van der Waals surface area contributed by atoms with Crippen molar-refractivity contribution in [3.05, 3.63) is 18.2 Å². The molecule has 0 aliphatic carbocycles. The van der Waals surface area contributed by atoms with E-state index >= 15 is 0 Å². The molecular formula is C15H22ClN3O5S. The van der Waals surface area contributed by atoms with Gasteiger partial charge in [-0.3, -0.25) is 4.79 Å². The van der Waals surface area contributed by atoms with Gasteiger partial charge < -0.3 is 19.7 Å². The van der Waals surface area contributed by atoms with Crippen molar-refractivity contribution in [2.75, 3.05) is 53.0 Å². The van der Waals surface area contributed by atoms with Crippen LogP contribution in [0.15, 0.2) is 23.1 Å². The summed E-state index contributed by atoms with van der Waals surface area (Å²) in [4.78, 5) is 13.7. The lowest BCUT2D eigenvalue weighted by Crippen LogP contribution is -2.52. The molecular weight excluding hydrogens is 370 g/mol. The molecule has 25 heavy (non-hydrogen) atoms. The number of nitrogens with zero attached hydrogens (tertiary/aromatic N) is 2. The first-order valence-corrected chi connectivity index (χ1v) is 9.28. The normalized spacial score (nSPS) is 17.7. The van der Waals surface area contributed by atoms with Crippen molar-refractivity contribution >= 4 is 28.3 Å². The fourth-order valence-corrected chi connectivity index (χ4v) is 4.21. The monoisotopic (exact) mass is 391 g/mol. The van der Waals surface area contributed by atoms with Gasteiger partial charge in [-0.05, 0) is 19.2 Å². The topological polar surface area (TPSA) is 88.2 Å². The van der Waals surface area contributed by atoms with Crippen LogP contribution in [0.25, 0.3) is 0 Å². The summed E-state index contributed by atoms with van der Waals surface area (Å²) in [5.74, 6) is 0.988. The van der Waals surface area contributed by atoms with Crippen molar-refractivity contribution in [3.8, 4) is 11.5 Å². The van der Waals surface area contributed by atoms with Gasteiger partial charge in [-0.25, -0.2) is 8.42 Å². The van der Waals surface area contributed by atoms with Crippen LogP contribution in [0, 0.1) is 0 Å². The van der Waals surface area contributed by atoms with Crippen molar-refractivity contribution in [1.29, 1.82) is 0 Å². The van der Waals surface area contributed by atoms with E-state index in [0.29, 0.717) is 37.8 Å². The van der Waals surface area contributed by atoms with Gasteiger partial charge in [0.05, 0.1) is 11.4 Å². The Balaban J connectivity index is 0.00000225. The zero-order valence-electron chi connectivity index (χ0n) is 13.9. The van der Waals surface area contributed by atoms with Gasteiger partial charge in [0.2, 0.25) is 15.9 Å². The van der Waals surface area contributed by atoms with Gasteiger partial charge in [0.25, 0.3) is 0 Å². The Morgan fingerprint density at radius 2 is 1.76 bits per heavy atom. The van der Waals surface area contributed by atoms with Gasteiger partial charge in [0, 0.05) is 32.2 Å². The van der Waals surface area contributed by atoms with E-state index in [0.717, 1.165) is 0 Å². The van der Waals surface area contributed by atoms with Gasteiger partial charge in [-0.2, -0.15) is 4.31 Å². The largest absolute Gasteiger partial charge is 0.486 e. The number of hydrogen-bond donors (Lipinski definition) is 1. The van der Waals surface area contributed by atoms with Crippen molar-refractivity contribution in [2.24, 2.45) is 0 Å². The average Bonchev–Trinajstić information content (AvgIpc) is 2.61. The first-order chi connectivity index (χ1) is 11.5. The van der Waals surface area contributed by atoms with Crippen LogP contribution in [0.2, 0.25) is 0 Å². The van der Waals surface area contributed by atoms with E-state index in [1.54, 1.807) is 18.0 Å². The van der Waals surface area contributed by atoms with Crippen LogP contribution >= 0.6 is 12.4 Å². The third kappa shape index (κ3) is 4.17. The summed E-state index contributed by atoms with van der Waals surface area (Å²) in [5.41, 5.74) is 0. The predicted octanol–water partition coefficient (Wildman–Crippen LogP) is -0.0681. The summed E-state index contributed by atoms with van der Waals surface area (Å²) in [6, 6.07) is 4.65. The standard InChI is InChI=1S/C15H21N3O5S.ClH/c1-16-11-15(19)17-4-6-18(7-5-17)24(20,21)12-2-3-13-14(10-12)23-9-8-22-13;/h2-3,10,16H,4-9,11H2,1H3;1H. The number of carbonyl (C=O) groups excluding carboxylic acids is 1. The summed E-state index contributed by atoms with van der Waals surface area (Å²) in [6.07, 6.45) is 0. The SMILES string of the molecule is CNCC(=O)N1CCN(S(=O)(=O)c2ccc3c(c2)OCCO3)CC1.Cl. The highest BCUT2D eigenvalue weighted by molar-refractivity contribution is 7.89. The molecule has 0 atom stereocenters. The molecule has 1 saturated heterocycles. The number of ether oxygens (including phenoxy) is 2. The van der Waals surface area contributed by atoms with Crippen molar-refractivity contribution in [1.82, 2.24) is 14.5 Å². The summed E-state index contributed by atoms with van der Waals surface area (Å²) in [6.45, 7) is 2.48. The van der Waals surface area contributed by atoms with Crippen LogP contribution in [-0.4, -0.2) is 76.5 Å². The molecule has 10 heteroatoms. The van der Waals surface area contributed by atoms with E-state index in [4.69, 9.17) is 9.47 Å². The summed E-state index contributed by atoms with van der Waals surface area (Å²) in [7, 11) is -1.90. The number of sulfonamides is 1. The number of rotatable bonds is 4. The number of benzene rings is 1. The number of likely N-dealkylation sites (N-methyl/N-ethyl adjacent to an activating group) is 1. The zero-order valence-corrected chi connectivity index (χ0v) is 15.6. The first kappa shape index (κ1) is 19.8. The highest BCUT2D eigenvalue weighted by Crippen LogP contribution is 2.33. The molecule has 8 nitrogen and oxygen atoms in total. The minimum Gasteiger partial charge on any atom is -0.486 e. The zero-order chi connectivity index (χ0) is 17.2. The highest BCUT2D eigenvalue weighted by Gasteiger charge is 2.30. The van der Waals surface area contributed by atoms with E-state index in [1.165, 1.54) is 16.4 Å². The molecule has 2 aliphatic rings. The smallest absolute Gasteiger partial charge is 0.243 e. The Labute approximate surface area is 153 Å². The van der Waals surface area contributed by atoms with Gasteiger partial charge in [0.15, 0.2) is 11.5 Å². The van der Waals surface area contributed by atoms with Crippen LogP contribution in [0.4, 0.5) is 0 Å². The van der Waals surface area contributed by atoms with Crippen molar-refractivity contribution in [2.45, 2.75) is 4.90 Å². The minimum atomic E-state index is -3.61. The minimum absolute atomic E-state index is 0. The van der Waals surface area contributed by atoms with Crippen molar-refractivity contribution < 1.29 is 22.7 Å². The number of fused-ring (bicyclic) bond motifs is 1. The predicted molar refractivity (Wildman–Crippen MR) is 93.9 cm³/mol. The lowest BCUT2D eigenvalue weighted by atomic mass is 10.3. The molecule has 0 saturated carbocycles.